The van der Waals surface area contributed by atoms with Gasteiger partial charge in [0.1, 0.15) is 22.3 Å². The maximum atomic E-state index is 6.89. The van der Waals surface area contributed by atoms with Crippen LogP contribution in [0.1, 0.15) is 0 Å². The van der Waals surface area contributed by atoms with Gasteiger partial charge in [0, 0.05) is 66.1 Å². The van der Waals surface area contributed by atoms with E-state index < -0.39 is 0 Å². The minimum Gasteiger partial charge on any atom is -0.455 e. The lowest BCUT2D eigenvalue weighted by atomic mass is 9.91. The number of furan rings is 2. The number of rotatable bonds is 11. The SMILES string of the molecule is c1ccc(-c2ccc(-c3nc(-c4ccccc4)nc(-c4ccc(-c5ccc6c(ccc7cc(-c8ccccc8-c8ccc(-c9nc(-c%10ccccc%10)nc(-c%10cccc%11oc%12c(-c%13ccc%14c(ccc%15ccccc%15%14)c%13)cccc%12c%10%11)n9)cc8)ccc76)c5)c5oc6ccccc6c45)n3)cc2)cc1. The summed E-state index contributed by atoms with van der Waals surface area (Å²) >= 11 is 0. The molecule has 0 radical (unpaired) electrons. The van der Waals surface area contributed by atoms with Crippen molar-refractivity contribution in [2.24, 2.45) is 0 Å². The summed E-state index contributed by atoms with van der Waals surface area (Å²) in [5.41, 5.74) is 19.3. The van der Waals surface area contributed by atoms with Crippen molar-refractivity contribution in [2.75, 3.05) is 0 Å². The molecule has 8 heteroatoms. The average Bonchev–Trinajstić information content (AvgIpc) is 1.53. The van der Waals surface area contributed by atoms with E-state index in [-0.39, 0.29) is 0 Å². The van der Waals surface area contributed by atoms with E-state index in [0.717, 1.165) is 144 Å². The van der Waals surface area contributed by atoms with E-state index in [9.17, 15) is 0 Å². The fourth-order valence-electron chi connectivity index (χ4n) is 15.0. The number of benzene rings is 16. The number of hydrogen-bond acceptors (Lipinski definition) is 8. The van der Waals surface area contributed by atoms with Crippen molar-refractivity contribution in [2.45, 2.75) is 0 Å². The molecule has 474 valence electrons. The molecule has 0 aliphatic heterocycles. The molecule has 0 aliphatic rings. The molecule has 102 heavy (non-hydrogen) atoms. The third-order valence-electron chi connectivity index (χ3n) is 20.0. The van der Waals surface area contributed by atoms with Gasteiger partial charge in [-0.2, -0.15) is 0 Å². The molecule has 0 bridgehead atoms. The molecule has 0 saturated heterocycles. The van der Waals surface area contributed by atoms with Crippen molar-refractivity contribution in [3.63, 3.8) is 0 Å². The lowest BCUT2D eigenvalue weighted by Crippen LogP contribution is -2.00. The van der Waals surface area contributed by atoms with Gasteiger partial charge in [0.15, 0.2) is 34.9 Å². The molecule has 0 unspecified atom stereocenters. The Morgan fingerprint density at radius 2 is 0.510 bits per heavy atom. The van der Waals surface area contributed by atoms with Crippen LogP contribution in [0, 0.1) is 0 Å². The van der Waals surface area contributed by atoms with Gasteiger partial charge in [-0.25, -0.2) is 29.9 Å². The van der Waals surface area contributed by atoms with Gasteiger partial charge < -0.3 is 8.83 Å². The lowest BCUT2D eigenvalue weighted by Gasteiger charge is -2.13. The van der Waals surface area contributed by atoms with E-state index in [2.05, 4.69) is 249 Å². The molecule has 0 amide bonds. The summed E-state index contributed by atoms with van der Waals surface area (Å²) in [6, 6.07) is 119. The smallest absolute Gasteiger partial charge is 0.164 e. The molecule has 0 aliphatic carbocycles. The molecule has 20 rings (SSSR count). The van der Waals surface area contributed by atoms with Crippen molar-refractivity contribution < 1.29 is 8.83 Å². The van der Waals surface area contributed by atoms with E-state index in [4.69, 9.17) is 38.7 Å². The minimum atomic E-state index is 0.566. The van der Waals surface area contributed by atoms with Gasteiger partial charge in [-0.3, -0.25) is 0 Å². The largest absolute Gasteiger partial charge is 0.455 e. The molecule has 0 N–H and O–H groups in total. The summed E-state index contributed by atoms with van der Waals surface area (Å²) < 4.78 is 13.7. The third kappa shape index (κ3) is 10.1. The summed E-state index contributed by atoms with van der Waals surface area (Å²) in [6.45, 7) is 0. The first-order valence-electron chi connectivity index (χ1n) is 34.3. The van der Waals surface area contributed by atoms with Crippen LogP contribution in [0.25, 0.3) is 211 Å². The topological polar surface area (TPSA) is 104 Å². The van der Waals surface area contributed by atoms with Crippen molar-refractivity contribution in [1.29, 1.82) is 0 Å². The highest BCUT2D eigenvalue weighted by Gasteiger charge is 2.24. The maximum absolute atomic E-state index is 6.89. The Kier molecular flexibility index (Phi) is 13.7. The summed E-state index contributed by atoms with van der Waals surface area (Å²) in [7, 11) is 0. The highest BCUT2D eigenvalue weighted by atomic mass is 16.3. The van der Waals surface area contributed by atoms with Crippen LogP contribution in [0.3, 0.4) is 0 Å². The normalized spacial score (nSPS) is 11.7. The zero-order chi connectivity index (χ0) is 67.2. The van der Waals surface area contributed by atoms with Crippen molar-refractivity contribution in [3.05, 3.63) is 340 Å². The summed E-state index contributed by atoms with van der Waals surface area (Å²) in [5.74, 6) is 3.49. The minimum absolute atomic E-state index is 0.566. The fraction of sp³-hybridized carbons (Fsp3) is 0. The maximum Gasteiger partial charge on any atom is 0.164 e. The van der Waals surface area contributed by atoms with Crippen LogP contribution in [0.15, 0.2) is 349 Å². The van der Waals surface area contributed by atoms with Gasteiger partial charge in [0.25, 0.3) is 0 Å². The Hall–Kier alpha value is -13.8. The Morgan fingerprint density at radius 1 is 0.167 bits per heavy atom. The third-order valence-corrected chi connectivity index (χ3v) is 20.0. The number of nitrogens with zero attached hydrogens (tertiary/aromatic N) is 6. The number of aromatic nitrogens is 6. The second-order valence-electron chi connectivity index (χ2n) is 26.0. The molecule has 4 heterocycles. The Morgan fingerprint density at radius 3 is 1.10 bits per heavy atom. The van der Waals surface area contributed by atoms with Gasteiger partial charge in [-0.1, -0.05) is 297 Å². The zero-order valence-corrected chi connectivity index (χ0v) is 54.8. The fourth-order valence-corrected chi connectivity index (χ4v) is 15.0. The van der Waals surface area contributed by atoms with Crippen molar-refractivity contribution in [3.8, 4) is 124 Å². The van der Waals surface area contributed by atoms with Crippen molar-refractivity contribution >= 4 is 87.0 Å². The second kappa shape index (κ2) is 24.0. The van der Waals surface area contributed by atoms with Gasteiger partial charge in [0.05, 0.1) is 0 Å². The van der Waals surface area contributed by atoms with E-state index in [0.29, 0.717) is 34.9 Å². The standard InChI is InChI=1S/C94H56N6O2/c1-4-18-57(19-5-1)58-34-39-63(40-35-58)91-96-90(62-23-8-3-9-24-62)98-94(100-91)82-53-52-78(88-86(82)79-28-14-15-32-83(79)101-88)70-48-51-76-67(56-70)45-44-66-54-68(46-49-75(66)76)73-27-13-12-26-72(73)60-36-41-64(42-37-60)92-95-89(61-21-6-2-7-22-61)97-93(99-92)81-31-17-33-84-85(81)80-30-16-29-77(87(80)102-84)69-47-50-74-65(55-69)43-38-59-20-10-11-25-71(59)74/h1-56H. The van der Waals surface area contributed by atoms with E-state index >= 15 is 0 Å². The molecule has 0 saturated carbocycles. The predicted molar refractivity (Wildman–Crippen MR) is 418 cm³/mol. The van der Waals surface area contributed by atoms with Crippen LogP contribution in [0.2, 0.25) is 0 Å². The van der Waals surface area contributed by atoms with E-state index in [1.807, 2.05) is 91.0 Å². The molecule has 16 aromatic carbocycles. The van der Waals surface area contributed by atoms with Gasteiger partial charge in [0.2, 0.25) is 0 Å². The quantitative estimate of drug-likeness (QED) is 0.118. The molecular weight excluding hydrogens is 1250 g/mol. The van der Waals surface area contributed by atoms with Crippen LogP contribution in [0.4, 0.5) is 0 Å². The zero-order valence-electron chi connectivity index (χ0n) is 54.8. The first-order valence-corrected chi connectivity index (χ1v) is 34.3. The molecule has 8 nitrogen and oxygen atoms in total. The van der Waals surface area contributed by atoms with Crippen LogP contribution in [-0.4, -0.2) is 29.9 Å². The lowest BCUT2D eigenvalue weighted by molar-refractivity contribution is 0.669. The molecular formula is C94H56N6O2. The summed E-state index contributed by atoms with van der Waals surface area (Å²) in [4.78, 5) is 31.2. The number of fused-ring (bicyclic) bond motifs is 12. The number of para-hydroxylation sites is 2. The van der Waals surface area contributed by atoms with Crippen LogP contribution >= 0.6 is 0 Å². The average molecular weight is 1300 g/mol. The van der Waals surface area contributed by atoms with Crippen LogP contribution in [-0.2, 0) is 0 Å². The molecule has 0 spiro atoms. The van der Waals surface area contributed by atoms with Crippen LogP contribution in [0.5, 0.6) is 0 Å². The van der Waals surface area contributed by atoms with Crippen molar-refractivity contribution in [1.82, 2.24) is 29.9 Å². The van der Waals surface area contributed by atoms with Gasteiger partial charge in [-0.15, -0.1) is 0 Å². The van der Waals surface area contributed by atoms with Gasteiger partial charge >= 0.3 is 0 Å². The second-order valence-corrected chi connectivity index (χ2v) is 26.0. The number of hydrogen-bond donors (Lipinski definition) is 0. The Labute approximate surface area is 585 Å². The highest BCUT2D eigenvalue weighted by molar-refractivity contribution is 6.18. The van der Waals surface area contributed by atoms with E-state index in [1.165, 1.54) is 32.3 Å². The summed E-state index contributed by atoms with van der Waals surface area (Å²) in [6.07, 6.45) is 0. The summed E-state index contributed by atoms with van der Waals surface area (Å²) in [5, 5.41) is 13.4. The monoisotopic (exact) mass is 1300 g/mol. The predicted octanol–water partition coefficient (Wildman–Crippen LogP) is 24.8. The van der Waals surface area contributed by atoms with Gasteiger partial charge in [-0.05, 0) is 130 Å². The molecule has 20 aromatic rings. The Bertz CT molecular complexity index is 6730. The molecule has 0 atom stereocenters. The first kappa shape index (κ1) is 58.3. The Balaban J connectivity index is 0.621. The van der Waals surface area contributed by atoms with Crippen LogP contribution < -0.4 is 0 Å². The molecule has 0 fully saturated rings. The highest BCUT2D eigenvalue weighted by Crippen LogP contribution is 2.46. The molecule has 4 aromatic heterocycles. The van der Waals surface area contributed by atoms with E-state index in [1.54, 1.807) is 0 Å². The first-order chi connectivity index (χ1) is 50.5.